The number of nitrogens with one attached hydrogen (secondary N) is 1. The molecule has 2 aromatic rings. The molecule has 0 saturated carbocycles. The highest BCUT2D eigenvalue weighted by molar-refractivity contribution is 7.29. The number of carbonyl (C=O) groups excluding carboxylic acids is 2. The molecule has 2 rings (SSSR count). The van der Waals surface area contributed by atoms with Crippen molar-refractivity contribution in [1.82, 2.24) is 10.3 Å². The van der Waals surface area contributed by atoms with Gasteiger partial charge >= 0.3 is 5.97 Å². The van der Waals surface area contributed by atoms with Crippen molar-refractivity contribution in [3.05, 3.63) is 23.1 Å². The van der Waals surface area contributed by atoms with Crippen LogP contribution in [0.4, 0.5) is 5.13 Å². The summed E-state index contributed by atoms with van der Waals surface area (Å²) < 4.78 is 5.45. The predicted molar refractivity (Wildman–Crippen MR) is 85.3 cm³/mol. The van der Waals surface area contributed by atoms with Crippen molar-refractivity contribution in [1.29, 1.82) is 0 Å². The number of carbonyl (C=O) groups is 2. The highest BCUT2D eigenvalue weighted by atomic mass is 32.1. The molecule has 2 heterocycles. The lowest BCUT2D eigenvalue weighted by Gasteiger charge is -2.05. The fourth-order valence-corrected chi connectivity index (χ4v) is 3.54. The van der Waals surface area contributed by atoms with Crippen LogP contribution in [0.15, 0.2) is 18.2 Å². The minimum Gasteiger partial charge on any atom is -0.466 e. The van der Waals surface area contributed by atoms with Crippen LogP contribution in [-0.2, 0) is 9.53 Å². The molecule has 0 spiro atoms. The summed E-state index contributed by atoms with van der Waals surface area (Å²) in [5.41, 5.74) is 0. The Kier molecular flexibility index (Phi) is 4.92. The Balaban J connectivity index is 1.98. The van der Waals surface area contributed by atoms with Gasteiger partial charge in [-0.2, -0.15) is 0 Å². The van der Waals surface area contributed by atoms with Crippen LogP contribution in [0, 0.1) is 0 Å². The lowest BCUT2D eigenvalue weighted by Crippen LogP contribution is -2.22. The first-order valence-electron chi connectivity index (χ1n) is 6.11. The van der Waals surface area contributed by atoms with Crippen LogP contribution in [0.2, 0.25) is 0 Å². The van der Waals surface area contributed by atoms with E-state index in [4.69, 9.17) is 0 Å². The highest BCUT2D eigenvalue weighted by Gasteiger charge is 2.14. The van der Waals surface area contributed by atoms with Crippen LogP contribution in [0.1, 0.15) is 9.67 Å². The molecule has 2 aromatic heterocycles. The molecule has 0 fully saturated rings. The average Bonchev–Trinajstić information content (AvgIpc) is 3.01. The molecule has 8 heteroatoms. The summed E-state index contributed by atoms with van der Waals surface area (Å²) in [6.45, 7) is 0.274. The Labute approximate surface area is 130 Å². The maximum atomic E-state index is 12.0. The fourth-order valence-electron chi connectivity index (χ4n) is 1.49. The van der Waals surface area contributed by atoms with E-state index in [1.165, 1.54) is 24.5 Å². The summed E-state index contributed by atoms with van der Waals surface area (Å²) in [4.78, 5) is 30.7. The smallest absolute Gasteiger partial charge is 0.330 e. The second-order valence-electron chi connectivity index (χ2n) is 4.31. The number of amides is 1. The van der Waals surface area contributed by atoms with Gasteiger partial charge in [-0.15, -0.1) is 11.3 Å². The molecule has 1 N–H and O–H groups in total. The zero-order valence-electron chi connectivity index (χ0n) is 11.9. The highest BCUT2D eigenvalue weighted by Crippen LogP contribution is 2.33. The van der Waals surface area contributed by atoms with Gasteiger partial charge in [0.05, 0.1) is 16.7 Å². The number of ether oxygens (including phenoxy) is 1. The average molecular weight is 325 g/mol. The van der Waals surface area contributed by atoms with Gasteiger partial charge in [-0.3, -0.25) is 4.79 Å². The molecule has 0 bridgehead atoms. The van der Waals surface area contributed by atoms with Crippen molar-refractivity contribution in [2.45, 2.75) is 0 Å². The Morgan fingerprint density at radius 3 is 2.81 bits per heavy atom. The SMILES string of the molecule is COC(=O)/C=C/CNC(=O)c1cc2sc(N(C)C)nc2s1. The quantitative estimate of drug-likeness (QED) is 0.671. The van der Waals surface area contributed by atoms with Gasteiger partial charge in [-0.25, -0.2) is 9.78 Å². The molecule has 6 nitrogen and oxygen atoms in total. The number of fused-ring (bicyclic) bond motifs is 1. The molecular formula is C13H15N3O3S2. The van der Waals surface area contributed by atoms with Crippen LogP contribution in [-0.4, -0.2) is 44.6 Å². The van der Waals surface area contributed by atoms with E-state index in [1.807, 2.05) is 25.1 Å². The molecule has 0 atom stereocenters. The van der Waals surface area contributed by atoms with E-state index in [2.05, 4.69) is 15.0 Å². The predicted octanol–water partition coefficient (Wildman–Crippen LogP) is 1.88. The van der Waals surface area contributed by atoms with E-state index in [1.54, 1.807) is 17.4 Å². The first-order valence-corrected chi connectivity index (χ1v) is 7.75. The number of hydrogen-bond donors (Lipinski definition) is 1. The Bertz CT molecular complexity index is 656. The Hall–Kier alpha value is -1.93. The van der Waals surface area contributed by atoms with Gasteiger partial charge in [0.15, 0.2) is 5.13 Å². The first-order chi connectivity index (χ1) is 10.0. The van der Waals surface area contributed by atoms with Crippen LogP contribution in [0.3, 0.4) is 0 Å². The molecule has 0 unspecified atom stereocenters. The van der Waals surface area contributed by atoms with Crippen molar-refractivity contribution in [2.75, 3.05) is 32.6 Å². The van der Waals surface area contributed by atoms with E-state index >= 15 is 0 Å². The molecule has 0 saturated heterocycles. The van der Waals surface area contributed by atoms with Crippen molar-refractivity contribution < 1.29 is 14.3 Å². The van der Waals surface area contributed by atoms with Gasteiger partial charge in [0.1, 0.15) is 4.83 Å². The zero-order valence-corrected chi connectivity index (χ0v) is 13.5. The number of hydrogen-bond acceptors (Lipinski definition) is 7. The third-order valence-corrected chi connectivity index (χ3v) is 4.85. The van der Waals surface area contributed by atoms with E-state index in [-0.39, 0.29) is 12.5 Å². The summed E-state index contributed by atoms with van der Waals surface area (Å²) in [6.07, 6.45) is 2.82. The summed E-state index contributed by atoms with van der Waals surface area (Å²) >= 11 is 2.91. The summed E-state index contributed by atoms with van der Waals surface area (Å²) in [5.74, 6) is -0.618. The number of nitrogens with zero attached hydrogens (tertiary/aromatic N) is 2. The van der Waals surface area contributed by atoms with Crippen molar-refractivity contribution >= 4 is 49.2 Å². The van der Waals surface area contributed by atoms with Crippen molar-refractivity contribution in [2.24, 2.45) is 0 Å². The lowest BCUT2D eigenvalue weighted by molar-refractivity contribution is -0.134. The van der Waals surface area contributed by atoms with E-state index in [0.717, 1.165) is 14.7 Å². The Morgan fingerprint density at radius 1 is 1.43 bits per heavy atom. The third kappa shape index (κ3) is 3.79. The van der Waals surface area contributed by atoms with E-state index in [0.29, 0.717) is 4.88 Å². The number of aromatic nitrogens is 1. The maximum absolute atomic E-state index is 12.0. The molecule has 0 radical (unpaired) electrons. The van der Waals surface area contributed by atoms with Crippen LogP contribution < -0.4 is 10.2 Å². The molecule has 0 aliphatic rings. The summed E-state index contributed by atoms with van der Waals surface area (Å²) in [6, 6.07) is 1.84. The second kappa shape index (κ2) is 6.68. The molecule has 0 aliphatic heterocycles. The monoisotopic (exact) mass is 325 g/mol. The van der Waals surface area contributed by atoms with Crippen molar-refractivity contribution in [3.63, 3.8) is 0 Å². The Morgan fingerprint density at radius 2 is 2.19 bits per heavy atom. The van der Waals surface area contributed by atoms with Crippen LogP contribution in [0.25, 0.3) is 9.53 Å². The van der Waals surface area contributed by atoms with Gasteiger partial charge in [-0.05, 0) is 6.07 Å². The van der Waals surface area contributed by atoms with Crippen molar-refractivity contribution in [3.8, 4) is 0 Å². The standard InChI is InChI=1S/C13H15N3O3S2/c1-16(2)13-15-12-9(21-13)7-8(20-12)11(18)14-6-4-5-10(17)19-3/h4-5,7H,6H2,1-3H3,(H,14,18)/b5-4+. The first kappa shape index (κ1) is 15.5. The molecule has 21 heavy (non-hydrogen) atoms. The number of thiazole rings is 1. The van der Waals surface area contributed by atoms with Gasteiger partial charge in [0.2, 0.25) is 0 Å². The number of rotatable bonds is 5. The molecule has 112 valence electrons. The molecule has 0 aromatic carbocycles. The normalized spacial score (nSPS) is 11.0. The topological polar surface area (TPSA) is 71.5 Å². The molecule has 0 aliphatic carbocycles. The van der Waals surface area contributed by atoms with Crippen LogP contribution in [0.5, 0.6) is 0 Å². The zero-order chi connectivity index (χ0) is 15.4. The summed E-state index contributed by atoms with van der Waals surface area (Å²) in [7, 11) is 5.17. The van der Waals surface area contributed by atoms with Gasteiger partial charge in [0.25, 0.3) is 5.91 Å². The van der Waals surface area contributed by atoms with E-state index in [9.17, 15) is 9.59 Å². The van der Waals surface area contributed by atoms with Gasteiger partial charge < -0.3 is 15.0 Å². The maximum Gasteiger partial charge on any atom is 0.330 e. The largest absolute Gasteiger partial charge is 0.466 e. The fraction of sp³-hybridized carbons (Fsp3) is 0.308. The number of methoxy groups -OCH3 is 1. The minimum atomic E-state index is -0.443. The second-order valence-corrected chi connectivity index (χ2v) is 6.35. The van der Waals surface area contributed by atoms with Gasteiger partial charge in [0, 0.05) is 26.7 Å². The minimum absolute atomic E-state index is 0.175. The van der Waals surface area contributed by atoms with Crippen LogP contribution >= 0.6 is 22.7 Å². The third-order valence-electron chi connectivity index (χ3n) is 2.52. The number of thiophene rings is 1. The van der Waals surface area contributed by atoms with Gasteiger partial charge in [-0.1, -0.05) is 17.4 Å². The molecule has 1 amide bonds. The number of esters is 1. The molecular weight excluding hydrogens is 310 g/mol. The number of anilines is 1. The summed E-state index contributed by atoms with van der Waals surface area (Å²) in [5, 5.41) is 3.63. The van der Waals surface area contributed by atoms with E-state index < -0.39 is 5.97 Å². The lowest BCUT2D eigenvalue weighted by atomic mass is 10.4.